The zero-order chi connectivity index (χ0) is 22.2. The van der Waals surface area contributed by atoms with Crippen LogP contribution in [0.5, 0.6) is 0 Å². The van der Waals surface area contributed by atoms with Gasteiger partial charge in [0, 0.05) is 16.3 Å². The number of halogens is 1. The lowest BCUT2D eigenvalue weighted by Crippen LogP contribution is -2.35. The fraction of sp³-hybridized carbons (Fsp3) is 0.125. The summed E-state index contributed by atoms with van der Waals surface area (Å²) < 4.78 is 0. The van der Waals surface area contributed by atoms with Gasteiger partial charge in [0.1, 0.15) is 0 Å². The van der Waals surface area contributed by atoms with Gasteiger partial charge in [0.15, 0.2) is 5.11 Å². The normalized spacial score (nSPS) is 11.3. The number of carbonyl (C=O) groups is 2. The summed E-state index contributed by atoms with van der Waals surface area (Å²) in [6.07, 6.45) is 0.179. The molecule has 0 saturated heterocycles. The predicted molar refractivity (Wildman–Crippen MR) is 128 cm³/mol. The van der Waals surface area contributed by atoms with Crippen molar-refractivity contribution >= 4 is 46.4 Å². The molecule has 3 N–H and O–H groups in total. The average Bonchev–Trinajstić information content (AvgIpc) is 2.76. The first-order chi connectivity index (χ1) is 14.9. The molecular formula is C24H22ClN3O2S. The minimum absolute atomic E-state index is 0.126. The van der Waals surface area contributed by atoms with Crippen LogP contribution in [0.1, 0.15) is 34.5 Å². The topological polar surface area (TPSA) is 70.2 Å². The van der Waals surface area contributed by atoms with Crippen molar-refractivity contribution in [1.29, 1.82) is 0 Å². The summed E-state index contributed by atoms with van der Waals surface area (Å²) in [5.74, 6) is -0.442. The molecule has 158 valence electrons. The predicted octanol–water partition coefficient (Wildman–Crippen LogP) is 4.89. The second-order valence-corrected chi connectivity index (χ2v) is 7.84. The van der Waals surface area contributed by atoms with Crippen LogP contribution in [0.2, 0.25) is 5.02 Å². The summed E-state index contributed by atoms with van der Waals surface area (Å²) >= 11 is 11.1. The zero-order valence-corrected chi connectivity index (χ0v) is 18.5. The molecule has 3 rings (SSSR count). The molecule has 0 aliphatic heterocycles. The van der Waals surface area contributed by atoms with Gasteiger partial charge in [-0.1, -0.05) is 60.1 Å². The van der Waals surface area contributed by atoms with E-state index in [1.807, 2.05) is 37.3 Å². The number of rotatable bonds is 6. The van der Waals surface area contributed by atoms with E-state index in [0.717, 1.165) is 11.1 Å². The Morgan fingerprint density at radius 3 is 2.39 bits per heavy atom. The fourth-order valence-corrected chi connectivity index (χ4v) is 3.32. The third-order valence-electron chi connectivity index (χ3n) is 4.56. The Hall–Kier alpha value is -3.22. The molecular weight excluding hydrogens is 430 g/mol. The van der Waals surface area contributed by atoms with E-state index in [4.69, 9.17) is 23.8 Å². The van der Waals surface area contributed by atoms with Crippen LogP contribution in [0, 0.1) is 0 Å². The van der Waals surface area contributed by atoms with Crippen LogP contribution in [-0.2, 0) is 11.2 Å². The van der Waals surface area contributed by atoms with E-state index in [-0.39, 0.29) is 29.4 Å². The lowest BCUT2D eigenvalue weighted by Gasteiger charge is -2.15. The van der Waals surface area contributed by atoms with E-state index in [2.05, 4.69) is 16.0 Å². The van der Waals surface area contributed by atoms with Crippen LogP contribution in [0.15, 0.2) is 78.9 Å². The molecule has 0 saturated carbocycles. The minimum Gasteiger partial charge on any atom is -0.346 e. The first-order valence-electron chi connectivity index (χ1n) is 9.72. The highest BCUT2D eigenvalue weighted by atomic mass is 35.5. The van der Waals surface area contributed by atoms with Crippen molar-refractivity contribution in [3.05, 3.63) is 101 Å². The standard InChI is InChI=1S/C24H22ClN3O2S/c1-16(18-6-3-2-4-7-18)26-23(30)19-8-5-9-21(15-19)27-24(31)28-22(29)14-17-10-12-20(25)13-11-17/h2-13,15-16H,14H2,1H3,(H,26,30)(H2,27,28,29,31). The average molecular weight is 452 g/mol. The number of benzene rings is 3. The first kappa shape index (κ1) is 22.5. The smallest absolute Gasteiger partial charge is 0.251 e. The van der Waals surface area contributed by atoms with Gasteiger partial charge in [-0.25, -0.2) is 0 Å². The second kappa shape index (κ2) is 10.7. The highest BCUT2D eigenvalue weighted by Gasteiger charge is 2.12. The SMILES string of the molecule is CC(NC(=O)c1cccc(NC(=S)NC(=O)Cc2ccc(Cl)cc2)c1)c1ccccc1. The molecule has 5 nitrogen and oxygen atoms in total. The second-order valence-electron chi connectivity index (χ2n) is 6.99. The summed E-state index contributed by atoms with van der Waals surface area (Å²) in [5.41, 5.74) is 2.95. The number of amides is 2. The van der Waals surface area contributed by atoms with E-state index in [1.54, 1.807) is 48.5 Å². The lowest BCUT2D eigenvalue weighted by atomic mass is 10.1. The van der Waals surface area contributed by atoms with E-state index < -0.39 is 0 Å². The van der Waals surface area contributed by atoms with E-state index in [9.17, 15) is 9.59 Å². The Kier molecular flexibility index (Phi) is 7.76. The van der Waals surface area contributed by atoms with Gasteiger partial charge in [0.25, 0.3) is 5.91 Å². The van der Waals surface area contributed by atoms with Crippen molar-refractivity contribution in [2.45, 2.75) is 19.4 Å². The first-order valence-corrected chi connectivity index (χ1v) is 10.5. The Balaban J connectivity index is 1.55. The summed E-state index contributed by atoms with van der Waals surface area (Å²) in [6.45, 7) is 1.93. The highest BCUT2D eigenvalue weighted by molar-refractivity contribution is 7.80. The maximum absolute atomic E-state index is 12.6. The Morgan fingerprint density at radius 1 is 0.968 bits per heavy atom. The van der Waals surface area contributed by atoms with Crippen LogP contribution in [0.3, 0.4) is 0 Å². The molecule has 0 fully saturated rings. The molecule has 0 aromatic heterocycles. The van der Waals surface area contributed by atoms with Gasteiger partial charge in [-0.15, -0.1) is 0 Å². The maximum atomic E-state index is 12.6. The summed E-state index contributed by atoms with van der Waals surface area (Å²) in [6, 6.07) is 23.6. The van der Waals surface area contributed by atoms with Gasteiger partial charge in [0.05, 0.1) is 12.5 Å². The number of hydrogen-bond acceptors (Lipinski definition) is 3. The molecule has 0 bridgehead atoms. The van der Waals surface area contributed by atoms with Gasteiger partial charge < -0.3 is 16.0 Å². The number of thiocarbonyl (C=S) groups is 1. The van der Waals surface area contributed by atoms with Crippen LogP contribution in [-0.4, -0.2) is 16.9 Å². The van der Waals surface area contributed by atoms with E-state index in [0.29, 0.717) is 16.3 Å². The molecule has 0 aliphatic carbocycles. The third-order valence-corrected chi connectivity index (χ3v) is 5.02. The van der Waals surface area contributed by atoms with Gasteiger partial charge >= 0.3 is 0 Å². The quantitative estimate of drug-likeness (QED) is 0.467. The Morgan fingerprint density at radius 2 is 1.68 bits per heavy atom. The number of hydrogen-bond donors (Lipinski definition) is 3. The van der Waals surface area contributed by atoms with Crippen LogP contribution in [0.25, 0.3) is 0 Å². The molecule has 2 amide bonds. The minimum atomic E-state index is -0.245. The van der Waals surface area contributed by atoms with Gasteiger partial charge in [-0.3, -0.25) is 9.59 Å². The van der Waals surface area contributed by atoms with Crippen LogP contribution < -0.4 is 16.0 Å². The maximum Gasteiger partial charge on any atom is 0.251 e. The van der Waals surface area contributed by atoms with Gasteiger partial charge in [0.2, 0.25) is 5.91 Å². The number of carbonyl (C=O) groups excluding carboxylic acids is 2. The van der Waals surface area contributed by atoms with Crippen molar-refractivity contribution in [1.82, 2.24) is 10.6 Å². The van der Waals surface area contributed by atoms with E-state index in [1.165, 1.54) is 0 Å². The van der Waals surface area contributed by atoms with Crippen LogP contribution >= 0.6 is 23.8 Å². The third kappa shape index (κ3) is 6.91. The molecule has 1 atom stereocenters. The lowest BCUT2D eigenvalue weighted by molar-refractivity contribution is -0.119. The van der Waals surface area contributed by atoms with Crippen molar-refractivity contribution in [3.8, 4) is 0 Å². The number of nitrogens with one attached hydrogen (secondary N) is 3. The molecule has 1 unspecified atom stereocenters. The Labute approximate surface area is 191 Å². The van der Waals surface area contributed by atoms with Crippen LogP contribution in [0.4, 0.5) is 5.69 Å². The van der Waals surface area contributed by atoms with Gasteiger partial charge in [-0.05, 0) is 60.6 Å². The molecule has 3 aromatic carbocycles. The van der Waals surface area contributed by atoms with Crippen molar-refractivity contribution in [3.63, 3.8) is 0 Å². The summed E-state index contributed by atoms with van der Waals surface area (Å²) in [4.78, 5) is 24.8. The Bertz CT molecular complexity index is 1070. The fourth-order valence-electron chi connectivity index (χ4n) is 2.96. The zero-order valence-electron chi connectivity index (χ0n) is 16.9. The molecule has 31 heavy (non-hydrogen) atoms. The molecule has 3 aromatic rings. The summed E-state index contributed by atoms with van der Waals surface area (Å²) in [7, 11) is 0. The number of anilines is 1. The molecule has 0 aliphatic rings. The molecule has 0 spiro atoms. The van der Waals surface area contributed by atoms with Crippen molar-refractivity contribution in [2.75, 3.05) is 5.32 Å². The molecule has 0 radical (unpaired) electrons. The van der Waals surface area contributed by atoms with E-state index >= 15 is 0 Å². The molecule has 0 heterocycles. The summed E-state index contributed by atoms with van der Waals surface area (Å²) in [5, 5.41) is 9.34. The molecule has 7 heteroatoms. The highest BCUT2D eigenvalue weighted by Crippen LogP contribution is 2.15. The van der Waals surface area contributed by atoms with Crippen molar-refractivity contribution in [2.24, 2.45) is 0 Å². The van der Waals surface area contributed by atoms with Gasteiger partial charge in [-0.2, -0.15) is 0 Å². The monoisotopic (exact) mass is 451 g/mol. The largest absolute Gasteiger partial charge is 0.346 e. The van der Waals surface area contributed by atoms with Crippen molar-refractivity contribution < 1.29 is 9.59 Å².